The van der Waals surface area contributed by atoms with Crippen molar-refractivity contribution in [3.8, 4) is 0 Å². The van der Waals surface area contributed by atoms with Crippen LogP contribution in [-0.2, 0) is 14.3 Å². The molecule has 0 aromatic rings. The van der Waals surface area contributed by atoms with Crippen LogP contribution in [0.25, 0.3) is 0 Å². The predicted molar refractivity (Wildman–Crippen MR) is 102 cm³/mol. The maximum Gasteiger partial charge on any atom is 0.317 e. The number of carboxylic acids is 1. The van der Waals surface area contributed by atoms with Gasteiger partial charge in [-0.2, -0.15) is 0 Å². The zero-order valence-electron chi connectivity index (χ0n) is 16.4. The van der Waals surface area contributed by atoms with Crippen molar-refractivity contribution in [3.63, 3.8) is 0 Å². The zero-order chi connectivity index (χ0) is 18.8. The maximum absolute atomic E-state index is 11.6. The minimum Gasteiger partial charge on any atom is -0.480 e. The number of unbranched alkanes of at least 4 members (excludes halogenated alkanes) is 8. The highest BCUT2D eigenvalue weighted by molar-refractivity contribution is 5.69. The van der Waals surface area contributed by atoms with Gasteiger partial charge >= 0.3 is 11.9 Å². The lowest BCUT2D eigenvalue weighted by Gasteiger charge is -2.20. The Balaban J connectivity index is 3.80. The lowest BCUT2D eigenvalue weighted by molar-refractivity contribution is -0.143. The summed E-state index contributed by atoms with van der Waals surface area (Å²) in [5.74, 6) is -0.965. The normalized spacial score (nSPS) is 11.0. The summed E-state index contributed by atoms with van der Waals surface area (Å²) in [5, 5.41) is 9.03. The molecule has 0 saturated heterocycles. The highest BCUT2D eigenvalue weighted by Gasteiger charge is 2.11. The van der Waals surface area contributed by atoms with Crippen molar-refractivity contribution in [2.45, 2.75) is 90.9 Å². The smallest absolute Gasteiger partial charge is 0.317 e. The number of nitrogens with zero attached hydrogens (tertiary/aromatic N) is 1. The first-order valence-electron chi connectivity index (χ1n) is 10.2. The van der Waals surface area contributed by atoms with E-state index in [0.717, 1.165) is 38.6 Å². The van der Waals surface area contributed by atoms with Crippen molar-refractivity contribution in [1.29, 1.82) is 0 Å². The van der Waals surface area contributed by atoms with E-state index >= 15 is 0 Å². The average molecular weight is 358 g/mol. The highest BCUT2D eigenvalue weighted by Crippen LogP contribution is 2.08. The Bertz CT molecular complexity index is 334. The van der Waals surface area contributed by atoms with E-state index in [4.69, 9.17) is 9.84 Å². The van der Waals surface area contributed by atoms with E-state index in [1.165, 1.54) is 32.1 Å². The molecule has 0 aromatic heterocycles. The van der Waals surface area contributed by atoms with Crippen molar-refractivity contribution in [1.82, 2.24) is 4.90 Å². The summed E-state index contributed by atoms with van der Waals surface area (Å²) in [6, 6.07) is 0. The molecule has 0 saturated carbocycles. The molecule has 0 aliphatic heterocycles. The molecule has 1 N–H and O–H groups in total. The third-order valence-corrected chi connectivity index (χ3v) is 4.30. The van der Waals surface area contributed by atoms with Crippen molar-refractivity contribution in [2.24, 2.45) is 0 Å². The van der Waals surface area contributed by atoms with E-state index in [2.05, 4.69) is 13.8 Å². The number of carbonyl (C=O) groups is 2. The zero-order valence-corrected chi connectivity index (χ0v) is 16.4. The van der Waals surface area contributed by atoms with E-state index in [9.17, 15) is 9.59 Å². The molecule has 0 aliphatic carbocycles. The molecule has 5 heteroatoms. The number of esters is 1. The molecule has 0 fully saturated rings. The largest absolute Gasteiger partial charge is 0.480 e. The second kappa shape index (κ2) is 17.7. The van der Waals surface area contributed by atoms with Crippen LogP contribution in [0.2, 0.25) is 0 Å². The van der Waals surface area contributed by atoms with Gasteiger partial charge < -0.3 is 9.84 Å². The Morgan fingerprint density at radius 1 is 0.800 bits per heavy atom. The summed E-state index contributed by atoms with van der Waals surface area (Å²) in [5.41, 5.74) is 0. The minimum absolute atomic E-state index is 0.0569. The molecule has 0 bridgehead atoms. The first-order valence-corrected chi connectivity index (χ1v) is 10.2. The number of aliphatic carboxylic acids is 1. The molecular weight excluding hydrogens is 318 g/mol. The van der Waals surface area contributed by atoms with Crippen LogP contribution in [0.1, 0.15) is 90.9 Å². The number of rotatable bonds is 18. The van der Waals surface area contributed by atoms with Crippen LogP contribution >= 0.6 is 0 Å². The summed E-state index contributed by atoms with van der Waals surface area (Å²) in [6.45, 7) is 6.33. The molecule has 0 radical (unpaired) electrons. The molecule has 0 amide bonds. The Morgan fingerprint density at radius 2 is 1.36 bits per heavy atom. The van der Waals surface area contributed by atoms with Crippen LogP contribution in [0.4, 0.5) is 0 Å². The van der Waals surface area contributed by atoms with Crippen LogP contribution in [0.15, 0.2) is 0 Å². The summed E-state index contributed by atoms with van der Waals surface area (Å²) in [4.78, 5) is 24.6. The third kappa shape index (κ3) is 17.5. The van der Waals surface area contributed by atoms with Crippen LogP contribution in [0, 0.1) is 0 Å². The molecule has 0 atom stereocenters. The van der Waals surface area contributed by atoms with E-state index in [-0.39, 0.29) is 12.5 Å². The summed E-state index contributed by atoms with van der Waals surface area (Å²) in [7, 11) is 0. The second-order valence-corrected chi connectivity index (χ2v) is 6.82. The Kier molecular flexibility index (Phi) is 16.9. The molecule has 0 spiro atoms. The van der Waals surface area contributed by atoms with Gasteiger partial charge in [0.15, 0.2) is 0 Å². The molecule has 0 rings (SSSR count). The fourth-order valence-electron chi connectivity index (χ4n) is 2.81. The molecule has 148 valence electrons. The standard InChI is InChI=1S/C20H39NO4/c1-3-5-7-8-9-10-11-15-21(18-19(22)23)16-13-14-20(24)25-17-12-6-4-2/h3-18H2,1-2H3,(H,22,23). The predicted octanol–water partition coefficient (Wildman–Crippen LogP) is 4.64. The fraction of sp³-hybridized carbons (Fsp3) is 0.900. The fourth-order valence-corrected chi connectivity index (χ4v) is 2.81. The summed E-state index contributed by atoms with van der Waals surface area (Å²) >= 11 is 0. The highest BCUT2D eigenvalue weighted by atomic mass is 16.5. The van der Waals surface area contributed by atoms with Crippen LogP contribution in [0.5, 0.6) is 0 Å². The first-order chi connectivity index (χ1) is 12.1. The molecule has 0 aromatic carbocycles. The number of hydrogen-bond acceptors (Lipinski definition) is 4. The minimum atomic E-state index is -0.801. The van der Waals surface area contributed by atoms with Crippen LogP contribution in [-0.4, -0.2) is 48.2 Å². The van der Waals surface area contributed by atoms with Gasteiger partial charge in [-0.1, -0.05) is 65.2 Å². The van der Waals surface area contributed by atoms with Crippen molar-refractivity contribution < 1.29 is 19.4 Å². The van der Waals surface area contributed by atoms with Gasteiger partial charge in [0.05, 0.1) is 13.2 Å². The van der Waals surface area contributed by atoms with Crippen molar-refractivity contribution in [2.75, 3.05) is 26.2 Å². The van der Waals surface area contributed by atoms with Gasteiger partial charge in [-0.05, 0) is 32.4 Å². The van der Waals surface area contributed by atoms with Gasteiger partial charge in [0.1, 0.15) is 0 Å². The molecular formula is C20H39NO4. The monoisotopic (exact) mass is 357 g/mol. The molecule has 0 aliphatic rings. The lowest BCUT2D eigenvalue weighted by atomic mass is 10.1. The number of carbonyl (C=O) groups excluding carboxylic acids is 1. The SMILES string of the molecule is CCCCCCCCCN(CCCC(=O)OCCCCC)CC(=O)O. The molecule has 5 nitrogen and oxygen atoms in total. The van der Waals surface area contributed by atoms with Gasteiger partial charge in [0.2, 0.25) is 0 Å². The molecule has 25 heavy (non-hydrogen) atoms. The Labute approximate surface area is 154 Å². The Morgan fingerprint density at radius 3 is 2.00 bits per heavy atom. The van der Waals surface area contributed by atoms with Gasteiger partial charge in [0, 0.05) is 6.42 Å². The molecule has 0 unspecified atom stereocenters. The van der Waals surface area contributed by atoms with Crippen molar-refractivity contribution in [3.05, 3.63) is 0 Å². The summed E-state index contributed by atoms with van der Waals surface area (Å²) in [6.07, 6.45) is 12.7. The second-order valence-electron chi connectivity index (χ2n) is 6.82. The topological polar surface area (TPSA) is 66.8 Å². The lowest BCUT2D eigenvalue weighted by Crippen LogP contribution is -2.32. The van der Waals surface area contributed by atoms with E-state index in [1.807, 2.05) is 4.90 Å². The Hall–Kier alpha value is -1.10. The van der Waals surface area contributed by atoms with Gasteiger partial charge in [-0.25, -0.2) is 0 Å². The van der Waals surface area contributed by atoms with E-state index in [0.29, 0.717) is 26.0 Å². The number of ether oxygens (including phenoxy) is 1. The number of carboxylic acid groups (broad SMARTS) is 1. The van der Waals surface area contributed by atoms with Crippen LogP contribution < -0.4 is 0 Å². The average Bonchev–Trinajstić information content (AvgIpc) is 2.57. The first kappa shape index (κ1) is 23.9. The third-order valence-electron chi connectivity index (χ3n) is 4.30. The van der Waals surface area contributed by atoms with Gasteiger partial charge in [-0.15, -0.1) is 0 Å². The van der Waals surface area contributed by atoms with Gasteiger partial charge in [0.25, 0.3) is 0 Å². The summed E-state index contributed by atoms with van der Waals surface area (Å²) < 4.78 is 5.18. The van der Waals surface area contributed by atoms with Crippen LogP contribution in [0.3, 0.4) is 0 Å². The quantitative estimate of drug-likeness (QED) is 0.286. The molecule has 0 heterocycles. The maximum atomic E-state index is 11.6. The van der Waals surface area contributed by atoms with Gasteiger partial charge in [-0.3, -0.25) is 14.5 Å². The number of hydrogen-bond donors (Lipinski definition) is 1. The van der Waals surface area contributed by atoms with E-state index in [1.54, 1.807) is 0 Å². The van der Waals surface area contributed by atoms with E-state index < -0.39 is 5.97 Å². The van der Waals surface area contributed by atoms with Crippen molar-refractivity contribution >= 4 is 11.9 Å².